The molecule has 0 aliphatic rings. The molecule has 0 spiro atoms. The van der Waals surface area contributed by atoms with E-state index in [4.69, 9.17) is 10.5 Å². The number of hydrogen-bond donors (Lipinski definition) is 1. The van der Waals surface area contributed by atoms with E-state index in [1.165, 1.54) is 0 Å². The second-order valence-corrected chi connectivity index (χ2v) is 5.42. The molecule has 6 heteroatoms. The lowest BCUT2D eigenvalue weighted by molar-refractivity contribution is 0.411. The number of nitriles is 1. The van der Waals surface area contributed by atoms with Gasteiger partial charge in [-0.05, 0) is 32.4 Å². The second kappa shape index (κ2) is 5.29. The lowest BCUT2D eigenvalue weighted by Crippen LogP contribution is -2.07. The number of nitrogens with two attached hydrogens (primary N) is 1. The van der Waals surface area contributed by atoms with Crippen molar-refractivity contribution in [2.24, 2.45) is 0 Å². The summed E-state index contributed by atoms with van der Waals surface area (Å²) in [6.07, 6.45) is 1.65. The van der Waals surface area contributed by atoms with Gasteiger partial charge in [0.1, 0.15) is 29.0 Å². The van der Waals surface area contributed by atoms with Crippen LogP contribution >= 0.6 is 0 Å². The summed E-state index contributed by atoms with van der Waals surface area (Å²) in [5.74, 6) is 1.75. The van der Waals surface area contributed by atoms with Crippen molar-refractivity contribution in [2.75, 3.05) is 12.8 Å². The monoisotopic (exact) mass is 307 g/mol. The number of aryl methyl sites for hydroxylation is 2. The van der Waals surface area contributed by atoms with Gasteiger partial charge in [-0.15, -0.1) is 0 Å². The maximum atomic E-state index is 9.46. The minimum atomic E-state index is 0.363. The molecule has 6 nitrogen and oxygen atoms in total. The average Bonchev–Trinajstić information content (AvgIpc) is 2.79. The number of rotatable bonds is 2. The highest BCUT2D eigenvalue weighted by atomic mass is 16.5. The lowest BCUT2D eigenvalue weighted by Gasteiger charge is -2.16. The zero-order chi connectivity index (χ0) is 16.7. The first-order valence-corrected chi connectivity index (χ1v) is 7.17. The summed E-state index contributed by atoms with van der Waals surface area (Å²) in [5, 5.41) is 10.1. The first-order chi connectivity index (χ1) is 11.0. The Morgan fingerprint density at radius 3 is 2.65 bits per heavy atom. The molecule has 116 valence electrons. The van der Waals surface area contributed by atoms with Crippen LogP contribution in [-0.2, 0) is 0 Å². The molecule has 3 aromatic rings. The molecule has 0 aliphatic heterocycles. The number of anilines is 1. The van der Waals surface area contributed by atoms with Crippen LogP contribution in [0.3, 0.4) is 0 Å². The van der Waals surface area contributed by atoms with Gasteiger partial charge in [0.05, 0.1) is 18.2 Å². The van der Waals surface area contributed by atoms with Crippen LogP contribution in [0.25, 0.3) is 16.7 Å². The van der Waals surface area contributed by atoms with Crippen LogP contribution in [0.2, 0.25) is 0 Å². The van der Waals surface area contributed by atoms with Crippen molar-refractivity contribution in [3.05, 3.63) is 40.8 Å². The Labute approximate surface area is 134 Å². The molecule has 0 radical (unpaired) electrons. The molecular formula is C17H17N5O. The quantitative estimate of drug-likeness (QED) is 0.786. The zero-order valence-electron chi connectivity index (χ0n) is 13.5. The molecule has 0 fully saturated rings. The summed E-state index contributed by atoms with van der Waals surface area (Å²) < 4.78 is 7.23. The van der Waals surface area contributed by atoms with Crippen molar-refractivity contribution in [1.29, 1.82) is 5.26 Å². The highest BCUT2D eigenvalue weighted by molar-refractivity contribution is 5.91. The number of ether oxygens (including phenoxy) is 1. The molecule has 0 saturated carbocycles. The number of nitrogen functional groups attached to an aromatic ring is 1. The van der Waals surface area contributed by atoms with Gasteiger partial charge >= 0.3 is 0 Å². The first kappa shape index (κ1) is 14.9. The summed E-state index contributed by atoms with van der Waals surface area (Å²) in [4.78, 5) is 8.69. The van der Waals surface area contributed by atoms with Crippen molar-refractivity contribution in [3.63, 3.8) is 0 Å². The van der Waals surface area contributed by atoms with E-state index in [1.807, 2.05) is 37.5 Å². The molecule has 0 unspecified atom stereocenters. The van der Waals surface area contributed by atoms with Crippen molar-refractivity contribution in [1.82, 2.24) is 14.5 Å². The molecule has 2 heterocycles. The Hall–Kier alpha value is -3.07. The van der Waals surface area contributed by atoms with Crippen LogP contribution in [-0.4, -0.2) is 21.6 Å². The van der Waals surface area contributed by atoms with Gasteiger partial charge in [0, 0.05) is 11.8 Å². The van der Waals surface area contributed by atoms with Gasteiger partial charge in [0.2, 0.25) is 0 Å². The van der Waals surface area contributed by atoms with E-state index < -0.39 is 0 Å². The number of fused-ring (bicyclic) bond motifs is 1. The molecule has 0 aliphatic carbocycles. The van der Waals surface area contributed by atoms with Crippen molar-refractivity contribution >= 4 is 16.9 Å². The Balaban J connectivity index is 2.49. The van der Waals surface area contributed by atoms with Gasteiger partial charge in [0.15, 0.2) is 5.65 Å². The fourth-order valence-electron chi connectivity index (χ4n) is 2.89. The highest BCUT2D eigenvalue weighted by Gasteiger charge is 2.21. The van der Waals surface area contributed by atoms with Crippen LogP contribution < -0.4 is 10.5 Å². The molecule has 2 aromatic heterocycles. The van der Waals surface area contributed by atoms with E-state index in [9.17, 15) is 5.26 Å². The number of hydrogen-bond acceptors (Lipinski definition) is 5. The molecule has 0 saturated heterocycles. The summed E-state index contributed by atoms with van der Waals surface area (Å²) in [5.41, 5.74) is 10.1. The largest absolute Gasteiger partial charge is 0.496 e. The predicted octanol–water partition coefficient (Wildman–Crippen LogP) is 2.81. The van der Waals surface area contributed by atoms with E-state index in [-0.39, 0.29) is 0 Å². The van der Waals surface area contributed by atoms with Gasteiger partial charge in [-0.1, -0.05) is 6.07 Å². The third-order valence-corrected chi connectivity index (χ3v) is 4.01. The molecule has 0 atom stereocenters. The van der Waals surface area contributed by atoms with Gasteiger partial charge < -0.3 is 10.5 Å². The van der Waals surface area contributed by atoms with Gasteiger partial charge in [-0.3, -0.25) is 4.57 Å². The summed E-state index contributed by atoms with van der Waals surface area (Å²) in [7, 11) is 1.63. The fourth-order valence-corrected chi connectivity index (χ4v) is 2.89. The van der Waals surface area contributed by atoms with E-state index in [0.717, 1.165) is 22.6 Å². The maximum Gasteiger partial charge on any atom is 0.151 e. The third-order valence-electron chi connectivity index (χ3n) is 4.01. The van der Waals surface area contributed by atoms with E-state index in [1.54, 1.807) is 13.3 Å². The van der Waals surface area contributed by atoms with Crippen LogP contribution in [0, 0.1) is 32.1 Å². The van der Waals surface area contributed by atoms with Gasteiger partial charge in [-0.2, -0.15) is 5.26 Å². The topological polar surface area (TPSA) is 89.8 Å². The molecule has 0 bridgehead atoms. The average molecular weight is 307 g/mol. The van der Waals surface area contributed by atoms with Gasteiger partial charge in [-0.25, -0.2) is 9.97 Å². The van der Waals surface area contributed by atoms with Crippen LogP contribution in [0.1, 0.15) is 22.5 Å². The Bertz CT molecular complexity index is 965. The predicted molar refractivity (Wildman–Crippen MR) is 88.8 cm³/mol. The van der Waals surface area contributed by atoms with Crippen molar-refractivity contribution in [2.45, 2.75) is 20.8 Å². The number of benzene rings is 1. The molecule has 2 N–H and O–H groups in total. The fraction of sp³-hybridized carbons (Fsp3) is 0.235. The normalized spacial score (nSPS) is 10.7. The van der Waals surface area contributed by atoms with Crippen molar-refractivity contribution < 1.29 is 4.74 Å². The van der Waals surface area contributed by atoms with E-state index in [0.29, 0.717) is 28.2 Å². The molecular weight excluding hydrogens is 290 g/mol. The smallest absolute Gasteiger partial charge is 0.151 e. The van der Waals surface area contributed by atoms with Crippen molar-refractivity contribution in [3.8, 4) is 17.5 Å². The van der Waals surface area contributed by atoms with Crippen LogP contribution in [0.15, 0.2) is 18.3 Å². The summed E-state index contributed by atoms with van der Waals surface area (Å²) >= 11 is 0. The standard InChI is InChI=1S/C17H17N5O/c1-9-5-6-14(23-4)10(2)15(9)22-16(19)12(7-18)13-8-20-11(3)21-17(13)22/h5-6,8H,19H2,1-4H3. The maximum absolute atomic E-state index is 9.46. The molecule has 0 amide bonds. The second-order valence-electron chi connectivity index (χ2n) is 5.42. The van der Waals surface area contributed by atoms with Gasteiger partial charge in [0.25, 0.3) is 0 Å². The Morgan fingerprint density at radius 1 is 1.26 bits per heavy atom. The first-order valence-electron chi connectivity index (χ1n) is 7.17. The molecule has 23 heavy (non-hydrogen) atoms. The minimum Gasteiger partial charge on any atom is -0.496 e. The number of methoxy groups -OCH3 is 1. The SMILES string of the molecule is COc1ccc(C)c(-n2c(N)c(C#N)c3cnc(C)nc32)c1C. The summed E-state index contributed by atoms with van der Waals surface area (Å²) in [6.45, 7) is 5.77. The summed E-state index contributed by atoms with van der Waals surface area (Å²) in [6, 6.07) is 6.04. The molecule has 3 rings (SSSR count). The zero-order valence-corrected chi connectivity index (χ0v) is 13.5. The Morgan fingerprint density at radius 2 is 2.00 bits per heavy atom. The number of aromatic nitrogens is 3. The Kier molecular flexibility index (Phi) is 3.41. The minimum absolute atomic E-state index is 0.363. The van der Waals surface area contributed by atoms with E-state index in [2.05, 4.69) is 16.0 Å². The highest BCUT2D eigenvalue weighted by Crippen LogP contribution is 2.35. The molecule has 1 aromatic carbocycles. The van der Waals surface area contributed by atoms with Crippen LogP contribution in [0.4, 0.5) is 5.82 Å². The van der Waals surface area contributed by atoms with Crippen LogP contribution in [0.5, 0.6) is 5.75 Å². The number of nitrogens with zero attached hydrogens (tertiary/aromatic N) is 4. The third kappa shape index (κ3) is 2.09. The van der Waals surface area contributed by atoms with E-state index >= 15 is 0 Å². The lowest BCUT2D eigenvalue weighted by atomic mass is 10.1.